The Balaban J connectivity index is 1.13. The van der Waals surface area contributed by atoms with E-state index >= 15 is 0 Å². The molecule has 2 saturated heterocycles. The van der Waals surface area contributed by atoms with Gasteiger partial charge in [0.2, 0.25) is 0 Å². The van der Waals surface area contributed by atoms with Gasteiger partial charge in [0.15, 0.2) is 15.0 Å². The van der Waals surface area contributed by atoms with Crippen molar-refractivity contribution in [3.05, 3.63) is 64.0 Å². The second kappa shape index (κ2) is 10.5. The summed E-state index contributed by atoms with van der Waals surface area (Å²) in [6.45, 7) is 5.67. The number of aliphatic carboxylic acids is 1. The lowest BCUT2D eigenvalue weighted by atomic mass is 10.0. The molecule has 3 heterocycles. The standard InChI is InChI=1S/C29H30N4O5S2/c1-18-10-20(13-32-6-8-40(36,37)9-7-32)2-4-21(18)16-38-26-5-3-19(12-30)11-22(26)25-17-39-29(31-25)33-14-23-24(15-33)27(23)28(34)35/h2-5,10-11,17,23-24,27H,6-9,13-16H2,1H3,(H,34,35). The van der Waals surface area contributed by atoms with Gasteiger partial charge in [-0.1, -0.05) is 18.2 Å². The maximum Gasteiger partial charge on any atom is 0.307 e. The SMILES string of the molecule is Cc1cc(CN2CCS(=O)(=O)CC2)ccc1COc1ccc(C#N)cc1-c1csc(N2CC3C(C2)C3C(=O)O)n1. The lowest BCUT2D eigenvalue weighted by Crippen LogP contribution is -2.39. The number of aromatic nitrogens is 1. The van der Waals surface area contributed by atoms with E-state index in [2.05, 4.69) is 34.1 Å². The number of carboxylic acid groups (broad SMARTS) is 1. The van der Waals surface area contributed by atoms with Crippen LogP contribution in [0.3, 0.4) is 0 Å². The Morgan fingerprint density at radius 1 is 1.18 bits per heavy atom. The third-order valence-corrected chi connectivity index (χ3v) is 10.8. The number of nitrogens with zero attached hydrogens (tertiary/aromatic N) is 4. The second-order valence-corrected chi connectivity index (χ2v) is 14.1. The number of anilines is 1. The van der Waals surface area contributed by atoms with Gasteiger partial charge in [-0.05, 0) is 53.6 Å². The molecule has 1 aromatic heterocycles. The molecule has 0 radical (unpaired) electrons. The van der Waals surface area contributed by atoms with E-state index in [0.29, 0.717) is 44.1 Å². The van der Waals surface area contributed by atoms with Crippen LogP contribution in [0.2, 0.25) is 0 Å². The molecule has 1 aliphatic carbocycles. The van der Waals surface area contributed by atoms with E-state index in [9.17, 15) is 23.6 Å². The number of ether oxygens (including phenoxy) is 1. The summed E-state index contributed by atoms with van der Waals surface area (Å²) in [6.07, 6.45) is 0. The molecule has 6 rings (SSSR count). The highest BCUT2D eigenvalue weighted by Gasteiger charge is 2.60. The van der Waals surface area contributed by atoms with Gasteiger partial charge < -0.3 is 14.7 Å². The Hall–Kier alpha value is -3.46. The van der Waals surface area contributed by atoms with Crippen LogP contribution >= 0.6 is 11.3 Å². The number of fused-ring (bicyclic) bond motifs is 1. The third kappa shape index (κ3) is 5.44. The Kier molecular flexibility index (Phi) is 7.02. The number of aryl methyl sites for hydroxylation is 1. The maximum absolute atomic E-state index is 11.7. The zero-order chi connectivity index (χ0) is 28.0. The highest BCUT2D eigenvalue weighted by atomic mass is 32.2. The van der Waals surface area contributed by atoms with Crippen molar-refractivity contribution in [3.63, 3.8) is 0 Å². The summed E-state index contributed by atoms with van der Waals surface area (Å²) in [7, 11) is -2.89. The number of sulfone groups is 1. The van der Waals surface area contributed by atoms with Crippen LogP contribution in [0.1, 0.15) is 22.3 Å². The Morgan fingerprint density at radius 3 is 2.60 bits per heavy atom. The van der Waals surface area contributed by atoms with Crippen molar-refractivity contribution in [2.24, 2.45) is 17.8 Å². The quantitative estimate of drug-likeness (QED) is 0.427. The number of thiazole rings is 1. The highest BCUT2D eigenvalue weighted by Crippen LogP contribution is 2.53. The minimum Gasteiger partial charge on any atom is -0.488 e. The van der Waals surface area contributed by atoms with Crippen molar-refractivity contribution in [3.8, 4) is 23.1 Å². The summed E-state index contributed by atoms with van der Waals surface area (Å²) in [5.41, 5.74) is 5.30. The van der Waals surface area contributed by atoms with E-state index < -0.39 is 15.8 Å². The van der Waals surface area contributed by atoms with Crippen molar-refractivity contribution in [1.82, 2.24) is 9.88 Å². The summed E-state index contributed by atoms with van der Waals surface area (Å²) in [5.74, 6) is 0.570. The molecule has 3 aromatic rings. The normalized spacial score (nSPS) is 23.4. The molecule has 40 heavy (non-hydrogen) atoms. The predicted octanol–water partition coefficient (Wildman–Crippen LogP) is 3.57. The number of rotatable bonds is 8. The van der Waals surface area contributed by atoms with Crippen LogP contribution in [0.4, 0.5) is 5.13 Å². The molecule has 2 unspecified atom stereocenters. The maximum atomic E-state index is 11.7. The molecule has 9 nitrogen and oxygen atoms in total. The molecule has 2 atom stereocenters. The molecule has 2 aromatic carbocycles. The van der Waals surface area contributed by atoms with Crippen molar-refractivity contribution in [2.45, 2.75) is 20.1 Å². The van der Waals surface area contributed by atoms with Gasteiger partial charge in [-0.2, -0.15) is 5.26 Å². The van der Waals surface area contributed by atoms with Crippen LogP contribution < -0.4 is 9.64 Å². The molecule has 208 valence electrons. The van der Waals surface area contributed by atoms with Gasteiger partial charge >= 0.3 is 5.97 Å². The largest absolute Gasteiger partial charge is 0.488 e. The van der Waals surface area contributed by atoms with Crippen molar-refractivity contribution in [1.29, 1.82) is 5.26 Å². The van der Waals surface area contributed by atoms with Crippen LogP contribution in [0.5, 0.6) is 5.75 Å². The van der Waals surface area contributed by atoms with Crippen LogP contribution in [-0.2, 0) is 27.8 Å². The molecule has 2 aliphatic heterocycles. The van der Waals surface area contributed by atoms with Crippen molar-refractivity contribution >= 4 is 32.3 Å². The smallest absolute Gasteiger partial charge is 0.307 e. The first-order valence-corrected chi connectivity index (χ1v) is 16.0. The van der Waals surface area contributed by atoms with Gasteiger partial charge in [-0.25, -0.2) is 13.4 Å². The van der Waals surface area contributed by atoms with Gasteiger partial charge in [0.25, 0.3) is 0 Å². The van der Waals surface area contributed by atoms with E-state index in [1.54, 1.807) is 12.1 Å². The van der Waals surface area contributed by atoms with Crippen LogP contribution in [0, 0.1) is 36.0 Å². The number of nitriles is 1. The van der Waals surface area contributed by atoms with E-state index in [1.807, 2.05) is 18.4 Å². The first kappa shape index (κ1) is 26.7. The summed E-state index contributed by atoms with van der Waals surface area (Å²) in [4.78, 5) is 20.5. The second-order valence-electron chi connectivity index (χ2n) is 10.9. The van der Waals surface area contributed by atoms with E-state index in [1.165, 1.54) is 11.3 Å². The molecule has 0 spiro atoms. The van der Waals surface area contributed by atoms with Gasteiger partial charge in [0.05, 0.1) is 34.8 Å². The molecule has 3 fully saturated rings. The van der Waals surface area contributed by atoms with Gasteiger partial charge in [-0.15, -0.1) is 11.3 Å². The van der Waals surface area contributed by atoms with Crippen LogP contribution in [0.15, 0.2) is 41.8 Å². The Morgan fingerprint density at radius 2 is 1.93 bits per heavy atom. The fourth-order valence-corrected chi connectivity index (χ4v) is 7.97. The first-order valence-electron chi connectivity index (χ1n) is 13.3. The Bertz CT molecular complexity index is 1590. The van der Waals surface area contributed by atoms with Gasteiger partial charge in [0, 0.05) is 43.7 Å². The van der Waals surface area contributed by atoms with Crippen LogP contribution in [-0.4, -0.2) is 67.1 Å². The molecule has 0 amide bonds. The topological polar surface area (TPSA) is 124 Å². The minimum atomic E-state index is -2.89. The lowest BCUT2D eigenvalue weighted by molar-refractivity contribution is -0.139. The minimum absolute atomic E-state index is 0.205. The molecule has 1 N–H and O–H groups in total. The van der Waals surface area contributed by atoms with Crippen molar-refractivity contribution < 1.29 is 23.1 Å². The summed E-state index contributed by atoms with van der Waals surface area (Å²) in [6, 6.07) is 13.8. The molecule has 3 aliphatic rings. The number of hydrogen-bond donors (Lipinski definition) is 1. The zero-order valence-corrected chi connectivity index (χ0v) is 23.7. The fourth-order valence-electron chi connectivity index (χ4n) is 5.85. The lowest BCUT2D eigenvalue weighted by Gasteiger charge is -2.26. The van der Waals surface area contributed by atoms with Crippen molar-refractivity contribution in [2.75, 3.05) is 42.6 Å². The summed E-state index contributed by atoms with van der Waals surface area (Å²) in [5, 5.41) is 21.6. The van der Waals surface area contributed by atoms with E-state index in [4.69, 9.17) is 9.72 Å². The first-order chi connectivity index (χ1) is 19.2. The molecule has 0 bridgehead atoms. The van der Waals surface area contributed by atoms with E-state index in [-0.39, 0.29) is 29.3 Å². The zero-order valence-electron chi connectivity index (χ0n) is 22.1. The molecular weight excluding hydrogens is 548 g/mol. The number of benzene rings is 2. The summed E-state index contributed by atoms with van der Waals surface area (Å²) < 4.78 is 29.7. The van der Waals surface area contributed by atoms with Crippen LogP contribution in [0.25, 0.3) is 11.3 Å². The fraction of sp³-hybridized carbons (Fsp3) is 0.414. The third-order valence-electron chi connectivity index (χ3n) is 8.26. The van der Waals surface area contributed by atoms with E-state index in [0.717, 1.165) is 39.6 Å². The number of piperidine rings is 1. The number of carbonyl (C=O) groups is 1. The highest BCUT2D eigenvalue weighted by molar-refractivity contribution is 7.91. The van der Waals surface area contributed by atoms with Gasteiger partial charge in [-0.3, -0.25) is 9.69 Å². The monoisotopic (exact) mass is 578 g/mol. The molecule has 1 saturated carbocycles. The molecular formula is C29H30N4O5S2. The number of hydrogen-bond acceptors (Lipinski definition) is 9. The number of carboxylic acids is 1. The average molecular weight is 579 g/mol. The van der Waals surface area contributed by atoms with Gasteiger partial charge in [0.1, 0.15) is 12.4 Å². The summed E-state index contributed by atoms with van der Waals surface area (Å²) >= 11 is 1.52. The predicted molar refractivity (Wildman–Crippen MR) is 152 cm³/mol. The Labute approximate surface area is 237 Å². The molecule has 11 heteroatoms. The average Bonchev–Trinajstić information content (AvgIpc) is 3.25.